The third kappa shape index (κ3) is 5.40. The molecule has 0 aliphatic heterocycles. The van der Waals surface area contributed by atoms with Crippen molar-refractivity contribution in [3.63, 3.8) is 0 Å². The van der Waals surface area contributed by atoms with Gasteiger partial charge in [-0.15, -0.1) is 12.5 Å². The van der Waals surface area contributed by atoms with Crippen molar-refractivity contribution in [2.45, 2.75) is 19.8 Å². The highest BCUT2D eigenvalue weighted by molar-refractivity contribution is 5.07. The van der Waals surface area contributed by atoms with Crippen LogP contribution in [0.15, 0.2) is 12.7 Å². The maximum Gasteiger partial charge on any atom is 0.0440 e. The molecule has 0 saturated heterocycles. The van der Waals surface area contributed by atoms with Crippen molar-refractivity contribution in [3.8, 4) is 11.8 Å². The standard InChI is InChI=1S/C9H14O/c1-3-9(2)7-5-4-6-8-10/h3,9-10H,1,4,6,8H2,2H3/t9-/m1/s1. The van der Waals surface area contributed by atoms with Crippen LogP contribution in [-0.2, 0) is 0 Å². The molecule has 0 aromatic rings. The van der Waals surface area contributed by atoms with E-state index in [9.17, 15) is 0 Å². The van der Waals surface area contributed by atoms with Crippen LogP contribution in [0.25, 0.3) is 0 Å². The van der Waals surface area contributed by atoms with Gasteiger partial charge in [-0.1, -0.05) is 12.0 Å². The van der Waals surface area contributed by atoms with Crippen molar-refractivity contribution < 1.29 is 5.11 Å². The molecule has 0 radical (unpaired) electrons. The van der Waals surface area contributed by atoms with Gasteiger partial charge < -0.3 is 5.11 Å². The molecular formula is C9H14O. The van der Waals surface area contributed by atoms with Crippen molar-refractivity contribution >= 4 is 0 Å². The summed E-state index contributed by atoms with van der Waals surface area (Å²) < 4.78 is 0. The minimum absolute atomic E-state index is 0.233. The largest absolute Gasteiger partial charge is 0.396 e. The third-order valence-electron chi connectivity index (χ3n) is 1.14. The van der Waals surface area contributed by atoms with Crippen LogP contribution in [0.5, 0.6) is 0 Å². The summed E-state index contributed by atoms with van der Waals surface area (Å²) >= 11 is 0. The maximum absolute atomic E-state index is 8.40. The normalized spacial score (nSPS) is 11.4. The summed E-state index contributed by atoms with van der Waals surface area (Å²) in [7, 11) is 0. The fourth-order valence-electron chi connectivity index (χ4n) is 0.460. The second-order valence-corrected chi connectivity index (χ2v) is 2.17. The molecule has 0 aliphatic rings. The predicted octanol–water partition coefficient (Wildman–Crippen LogP) is 1.58. The average Bonchev–Trinajstić information content (AvgIpc) is 1.98. The van der Waals surface area contributed by atoms with E-state index in [0.29, 0.717) is 0 Å². The van der Waals surface area contributed by atoms with Gasteiger partial charge in [0.05, 0.1) is 0 Å². The summed E-state index contributed by atoms with van der Waals surface area (Å²) in [6.07, 6.45) is 3.37. The molecule has 1 atom stereocenters. The second-order valence-electron chi connectivity index (χ2n) is 2.17. The van der Waals surface area contributed by atoms with Crippen LogP contribution in [0.2, 0.25) is 0 Å². The minimum Gasteiger partial charge on any atom is -0.396 e. The lowest BCUT2D eigenvalue weighted by Crippen LogP contribution is -1.82. The Kier molecular flexibility index (Phi) is 5.91. The second kappa shape index (κ2) is 6.38. The fourth-order valence-corrected chi connectivity index (χ4v) is 0.460. The maximum atomic E-state index is 8.40. The van der Waals surface area contributed by atoms with Crippen LogP contribution in [0, 0.1) is 17.8 Å². The Bertz CT molecular complexity index is 139. The molecule has 0 amide bonds. The first-order valence-corrected chi connectivity index (χ1v) is 3.53. The molecule has 0 bridgehead atoms. The Balaban J connectivity index is 3.38. The molecule has 0 spiro atoms. The highest BCUT2D eigenvalue weighted by atomic mass is 16.2. The predicted molar refractivity (Wildman–Crippen MR) is 43.5 cm³/mol. The fraction of sp³-hybridized carbons (Fsp3) is 0.556. The topological polar surface area (TPSA) is 20.2 Å². The lowest BCUT2D eigenvalue weighted by molar-refractivity contribution is 0.290. The Labute approximate surface area is 62.8 Å². The van der Waals surface area contributed by atoms with Gasteiger partial charge in [-0.3, -0.25) is 0 Å². The molecular weight excluding hydrogens is 124 g/mol. The van der Waals surface area contributed by atoms with E-state index in [2.05, 4.69) is 18.4 Å². The summed E-state index contributed by atoms with van der Waals surface area (Å²) in [6, 6.07) is 0. The van der Waals surface area contributed by atoms with Crippen LogP contribution in [-0.4, -0.2) is 11.7 Å². The number of aliphatic hydroxyl groups excluding tert-OH is 1. The van der Waals surface area contributed by atoms with Gasteiger partial charge >= 0.3 is 0 Å². The number of hydrogen-bond donors (Lipinski definition) is 1. The summed E-state index contributed by atoms with van der Waals surface area (Å²) in [5, 5.41) is 8.40. The minimum atomic E-state index is 0.233. The first kappa shape index (κ1) is 9.26. The van der Waals surface area contributed by atoms with Gasteiger partial charge in [0.25, 0.3) is 0 Å². The van der Waals surface area contributed by atoms with Gasteiger partial charge in [-0.2, -0.15) is 0 Å². The molecule has 1 N–H and O–H groups in total. The van der Waals surface area contributed by atoms with E-state index < -0.39 is 0 Å². The van der Waals surface area contributed by atoms with Crippen molar-refractivity contribution in [1.29, 1.82) is 0 Å². The molecule has 1 nitrogen and oxygen atoms in total. The van der Waals surface area contributed by atoms with Crippen LogP contribution >= 0.6 is 0 Å². The number of hydrogen-bond acceptors (Lipinski definition) is 1. The zero-order valence-electron chi connectivity index (χ0n) is 6.43. The van der Waals surface area contributed by atoms with Gasteiger partial charge in [0.2, 0.25) is 0 Å². The SMILES string of the molecule is C=C[C@@H](C)C#CCCCO. The Morgan fingerprint density at radius 3 is 2.90 bits per heavy atom. The lowest BCUT2D eigenvalue weighted by atomic mass is 10.2. The lowest BCUT2D eigenvalue weighted by Gasteiger charge is -1.89. The molecule has 0 aliphatic carbocycles. The van der Waals surface area contributed by atoms with E-state index in [1.54, 1.807) is 0 Å². The molecule has 10 heavy (non-hydrogen) atoms. The van der Waals surface area contributed by atoms with Gasteiger partial charge in [0.1, 0.15) is 0 Å². The van der Waals surface area contributed by atoms with Gasteiger partial charge in [0, 0.05) is 18.9 Å². The van der Waals surface area contributed by atoms with E-state index >= 15 is 0 Å². The summed E-state index contributed by atoms with van der Waals surface area (Å²) in [4.78, 5) is 0. The highest BCUT2D eigenvalue weighted by Gasteiger charge is 1.84. The van der Waals surface area contributed by atoms with Crippen LogP contribution in [0.3, 0.4) is 0 Å². The molecule has 0 fully saturated rings. The number of rotatable bonds is 3. The molecule has 0 rings (SSSR count). The van der Waals surface area contributed by atoms with Gasteiger partial charge in [0.15, 0.2) is 0 Å². The van der Waals surface area contributed by atoms with E-state index in [1.165, 1.54) is 0 Å². The van der Waals surface area contributed by atoms with Crippen molar-refractivity contribution in [1.82, 2.24) is 0 Å². The molecule has 1 heteroatoms. The zero-order valence-corrected chi connectivity index (χ0v) is 6.43. The quantitative estimate of drug-likeness (QED) is 0.356. The summed E-state index contributed by atoms with van der Waals surface area (Å²) in [6.45, 7) is 5.84. The molecule has 56 valence electrons. The monoisotopic (exact) mass is 138 g/mol. The van der Waals surface area contributed by atoms with E-state index in [4.69, 9.17) is 5.11 Å². The summed E-state index contributed by atoms with van der Waals surface area (Å²) in [5.74, 6) is 6.22. The smallest absolute Gasteiger partial charge is 0.0440 e. The number of unbranched alkanes of at least 4 members (excludes halogenated alkanes) is 1. The Morgan fingerprint density at radius 1 is 1.70 bits per heavy atom. The molecule has 0 saturated carbocycles. The third-order valence-corrected chi connectivity index (χ3v) is 1.14. The van der Waals surface area contributed by atoms with E-state index in [1.807, 2.05) is 13.0 Å². The molecule has 0 aromatic carbocycles. The van der Waals surface area contributed by atoms with E-state index in [0.717, 1.165) is 12.8 Å². The van der Waals surface area contributed by atoms with Crippen molar-refractivity contribution in [3.05, 3.63) is 12.7 Å². The zero-order chi connectivity index (χ0) is 7.82. The van der Waals surface area contributed by atoms with Crippen molar-refractivity contribution in [2.75, 3.05) is 6.61 Å². The first-order valence-electron chi connectivity index (χ1n) is 3.53. The van der Waals surface area contributed by atoms with Crippen LogP contribution in [0.1, 0.15) is 19.8 Å². The number of allylic oxidation sites excluding steroid dienone is 1. The summed E-state index contributed by atoms with van der Waals surface area (Å²) in [5.41, 5.74) is 0. The van der Waals surface area contributed by atoms with E-state index in [-0.39, 0.29) is 12.5 Å². The Hall–Kier alpha value is -0.740. The Morgan fingerprint density at radius 2 is 2.40 bits per heavy atom. The van der Waals surface area contributed by atoms with Crippen molar-refractivity contribution in [2.24, 2.45) is 5.92 Å². The highest BCUT2D eigenvalue weighted by Crippen LogP contribution is 1.92. The molecule has 0 aromatic heterocycles. The number of aliphatic hydroxyl groups is 1. The molecule has 0 heterocycles. The average molecular weight is 138 g/mol. The van der Waals surface area contributed by atoms with Gasteiger partial charge in [-0.25, -0.2) is 0 Å². The van der Waals surface area contributed by atoms with Gasteiger partial charge in [-0.05, 0) is 13.3 Å². The van der Waals surface area contributed by atoms with Crippen LogP contribution < -0.4 is 0 Å². The van der Waals surface area contributed by atoms with Crippen LogP contribution in [0.4, 0.5) is 0 Å². The first-order chi connectivity index (χ1) is 4.81. The molecule has 0 unspecified atom stereocenters.